The lowest BCUT2D eigenvalue weighted by Crippen LogP contribution is -2.22. The molecule has 4 nitrogen and oxygen atoms in total. The zero-order valence-electron chi connectivity index (χ0n) is 9.71. The Morgan fingerprint density at radius 1 is 1.27 bits per heavy atom. The summed E-state index contributed by atoms with van der Waals surface area (Å²) in [7, 11) is 0. The average Bonchev–Trinajstić information content (AvgIpc) is 2.66. The van der Waals surface area contributed by atoms with E-state index in [2.05, 4.69) is 40.8 Å². The van der Waals surface area contributed by atoms with Crippen molar-refractivity contribution in [3.63, 3.8) is 0 Å². The smallest absolute Gasteiger partial charge is 0.202 e. The first-order valence-corrected chi connectivity index (χ1v) is 6.29. The number of rotatable bonds is 7. The number of nitrogens with one attached hydrogen (secondary N) is 2. The van der Waals surface area contributed by atoms with Crippen LogP contribution in [0.3, 0.4) is 0 Å². The lowest BCUT2D eigenvalue weighted by atomic mass is 10.2. The molecule has 0 amide bonds. The maximum atomic E-state index is 4.40. The quantitative estimate of drug-likeness (QED) is 0.702. The fourth-order valence-electron chi connectivity index (χ4n) is 1.10. The highest BCUT2D eigenvalue weighted by atomic mass is 32.1. The molecule has 0 fully saturated rings. The normalized spacial score (nSPS) is 10.9. The van der Waals surface area contributed by atoms with Gasteiger partial charge in [-0.1, -0.05) is 20.8 Å². The van der Waals surface area contributed by atoms with Crippen LogP contribution in [0.5, 0.6) is 0 Å². The first kappa shape index (κ1) is 12.4. The number of hydrogen-bond acceptors (Lipinski definition) is 5. The summed E-state index contributed by atoms with van der Waals surface area (Å²) >= 11 is 1.44. The fourth-order valence-corrected chi connectivity index (χ4v) is 1.83. The van der Waals surface area contributed by atoms with Gasteiger partial charge in [0.15, 0.2) is 0 Å². The minimum Gasteiger partial charge on any atom is -0.359 e. The highest BCUT2D eigenvalue weighted by molar-refractivity contribution is 7.09. The van der Waals surface area contributed by atoms with E-state index in [-0.39, 0.29) is 0 Å². The molecule has 1 aromatic heterocycles. The number of hydrogen-bond donors (Lipinski definition) is 2. The minimum absolute atomic E-state index is 0.412. The molecular formula is C10H20N4S. The summed E-state index contributed by atoms with van der Waals surface area (Å²) < 4.78 is 4.28. The van der Waals surface area contributed by atoms with E-state index >= 15 is 0 Å². The Kier molecular flexibility index (Phi) is 5.57. The van der Waals surface area contributed by atoms with Gasteiger partial charge in [0.2, 0.25) is 5.13 Å². The molecule has 5 heteroatoms. The van der Waals surface area contributed by atoms with Crippen LogP contribution >= 0.6 is 11.5 Å². The molecule has 0 saturated carbocycles. The monoisotopic (exact) mass is 228 g/mol. The molecule has 0 bridgehead atoms. The number of nitrogens with zero attached hydrogens (tertiary/aromatic N) is 2. The largest absolute Gasteiger partial charge is 0.359 e. The van der Waals surface area contributed by atoms with Crippen molar-refractivity contribution in [3.8, 4) is 0 Å². The highest BCUT2D eigenvalue weighted by Gasteiger charge is 2.06. The third kappa shape index (κ3) is 4.57. The molecule has 0 saturated heterocycles. The highest BCUT2D eigenvalue weighted by Crippen LogP contribution is 2.16. The van der Waals surface area contributed by atoms with Gasteiger partial charge in [0.1, 0.15) is 5.82 Å². The van der Waals surface area contributed by atoms with Gasteiger partial charge in [-0.15, -0.1) is 0 Å². The number of aromatic nitrogens is 2. The van der Waals surface area contributed by atoms with Gasteiger partial charge >= 0.3 is 0 Å². The molecule has 0 aliphatic heterocycles. The summed E-state index contributed by atoms with van der Waals surface area (Å²) in [6.45, 7) is 9.34. The number of anilines is 1. The first-order valence-electron chi connectivity index (χ1n) is 5.52. The zero-order chi connectivity index (χ0) is 11.1. The van der Waals surface area contributed by atoms with Crippen molar-refractivity contribution >= 4 is 16.7 Å². The summed E-state index contributed by atoms with van der Waals surface area (Å²) in [6, 6.07) is 0. The molecule has 1 aromatic rings. The van der Waals surface area contributed by atoms with E-state index in [0.717, 1.165) is 30.6 Å². The van der Waals surface area contributed by atoms with Crippen LogP contribution in [0.2, 0.25) is 0 Å². The second kappa shape index (κ2) is 6.74. The average molecular weight is 228 g/mol. The van der Waals surface area contributed by atoms with Crippen LogP contribution in [-0.2, 0) is 0 Å². The van der Waals surface area contributed by atoms with Crippen LogP contribution in [0.15, 0.2) is 0 Å². The maximum Gasteiger partial charge on any atom is 0.202 e. The van der Waals surface area contributed by atoms with Crippen molar-refractivity contribution in [2.45, 2.75) is 33.1 Å². The molecule has 15 heavy (non-hydrogen) atoms. The van der Waals surface area contributed by atoms with E-state index in [1.54, 1.807) is 0 Å². The molecule has 0 unspecified atom stereocenters. The van der Waals surface area contributed by atoms with E-state index in [1.165, 1.54) is 18.0 Å². The predicted octanol–water partition coefficient (Wildman–Crippen LogP) is 2.07. The molecule has 0 aliphatic carbocycles. The van der Waals surface area contributed by atoms with Crippen LogP contribution in [0.1, 0.15) is 38.9 Å². The van der Waals surface area contributed by atoms with Crippen LogP contribution in [-0.4, -0.2) is 29.0 Å². The topological polar surface area (TPSA) is 49.8 Å². The Hall–Kier alpha value is -0.680. The van der Waals surface area contributed by atoms with Gasteiger partial charge in [-0.25, -0.2) is 4.98 Å². The standard InChI is InChI=1S/C10H20N4S/c1-4-5-11-6-7-12-10-13-9(8(2)3)14-15-10/h8,11H,4-7H2,1-3H3,(H,12,13,14). The lowest BCUT2D eigenvalue weighted by molar-refractivity contribution is 0.687. The van der Waals surface area contributed by atoms with Crippen molar-refractivity contribution < 1.29 is 0 Å². The van der Waals surface area contributed by atoms with Crippen LogP contribution < -0.4 is 10.6 Å². The van der Waals surface area contributed by atoms with Gasteiger partial charge < -0.3 is 10.6 Å². The van der Waals surface area contributed by atoms with Gasteiger partial charge in [0.05, 0.1) is 0 Å². The van der Waals surface area contributed by atoms with Crippen molar-refractivity contribution in [3.05, 3.63) is 5.82 Å². The summed E-state index contributed by atoms with van der Waals surface area (Å²) in [5.74, 6) is 1.35. The van der Waals surface area contributed by atoms with Crippen molar-refractivity contribution in [2.24, 2.45) is 0 Å². The zero-order valence-corrected chi connectivity index (χ0v) is 10.5. The van der Waals surface area contributed by atoms with Gasteiger partial charge in [0.25, 0.3) is 0 Å². The van der Waals surface area contributed by atoms with Crippen LogP contribution in [0.25, 0.3) is 0 Å². The summed E-state index contributed by atoms with van der Waals surface area (Å²) in [5, 5.41) is 7.52. The molecule has 0 aliphatic rings. The van der Waals surface area contributed by atoms with Gasteiger partial charge in [-0.3, -0.25) is 0 Å². The van der Waals surface area contributed by atoms with Gasteiger partial charge in [0, 0.05) is 30.5 Å². The Labute approximate surface area is 95.7 Å². The molecule has 0 radical (unpaired) electrons. The van der Waals surface area contributed by atoms with Crippen molar-refractivity contribution in [2.75, 3.05) is 25.0 Å². The molecule has 1 rings (SSSR count). The van der Waals surface area contributed by atoms with E-state index in [9.17, 15) is 0 Å². The molecule has 2 N–H and O–H groups in total. The molecular weight excluding hydrogens is 208 g/mol. The van der Waals surface area contributed by atoms with Gasteiger partial charge in [-0.2, -0.15) is 4.37 Å². The molecule has 1 heterocycles. The Morgan fingerprint density at radius 2 is 2.07 bits per heavy atom. The van der Waals surface area contributed by atoms with E-state index < -0.39 is 0 Å². The Bertz CT molecular complexity index is 272. The molecule has 86 valence electrons. The Balaban J connectivity index is 2.20. The summed E-state index contributed by atoms with van der Waals surface area (Å²) in [5.41, 5.74) is 0. The SMILES string of the molecule is CCCNCCNc1nc(C(C)C)ns1. The summed E-state index contributed by atoms with van der Waals surface area (Å²) in [6.07, 6.45) is 1.18. The summed E-state index contributed by atoms with van der Waals surface area (Å²) in [4.78, 5) is 4.40. The second-order valence-corrected chi connectivity index (χ2v) is 4.54. The molecule has 0 aromatic carbocycles. The van der Waals surface area contributed by atoms with Crippen LogP contribution in [0.4, 0.5) is 5.13 Å². The van der Waals surface area contributed by atoms with Crippen LogP contribution in [0, 0.1) is 0 Å². The third-order valence-corrected chi connectivity index (χ3v) is 2.65. The van der Waals surface area contributed by atoms with E-state index in [1.807, 2.05) is 0 Å². The predicted molar refractivity (Wildman–Crippen MR) is 65.6 cm³/mol. The molecule has 0 atom stereocenters. The Morgan fingerprint density at radius 3 is 2.67 bits per heavy atom. The first-order chi connectivity index (χ1) is 7.24. The third-order valence-electron chi connectivity index (χ3n) is 1.96. The second-order valence-electron chi connectivity index (χ2n) is 3.79. The van der Waals surface area contributed by atoms with Gasteiger partial charge in [-0.05, 0) is 13.0 Å². The fraction of sp³-hybridized carbons (Fsp3) is 0.800. The van der Waals surface area contributed by atoms with Crippen molar-refractivity contribution in [1.29, 1.82) is 0 Å². The van der Waals surface area contributed by atoms with E-state index in [0.29, 0.717) is 5.92 Å². The van der Waals surface area contributed by atoms with E-state index in [4.69, 9.17) is 0 Å². The lowest BCUT2D eigenvalue weighted by Gasteiger charge is -2.03. The minimum atomic E-state index is 0.412. The van der Waals surface area contributed by atoms with Crippen molar-refractivity contribution in [1.82, 2.24) is 14.7 Å². The molecule has 0 spiro atoms. The maximum absolute atomic E-state index is 4.40.